The van der Waals surface area contributed by atoms with Crippen molar-refractivity contribution >= 4 is 39.4 Å². The van der Waals surface area contributed by atoms with Crippen molar-refractivity contribution in [3.8, 4) is 0 Å². The Hall–Kier alpha value is -3.93. The number of hydrogen-bond acceptors (Lipinski definition) is 7. The van der Waals surface area contributed by atoms with Crippen LogP contribution >= 0.6 is 15.9 Å². The summed E-state index contributed by atoms with van der Waals surface area (Å²) in [5, 5.41) is 28.4. The number of carbonyl (C=O) groups excluding carboxylic acids is 2. The minimum absolute atomic E-state index is 0.0747. The second-order valence-electron chi connectivity index (χ2n) is 5.53. The van der Waals surface area contributed by atoms with Gasteiger partial charge >= 0.3 is 5.97 Å². The standard InChI is InChI=1S/C17H10BrN5O6/c18-11-6-4-10(5-7-11)15(24)22(21-8-19-20-9-21)16(25)14-12(17(26)27)2-1-3-13(14)23(28)29/h1-9H,(H,26,27). The highest BCUT2D eigenvalue weighted by Gasteiger charge is 2.35. The summed E-state index contributed by atoms with van der Waals surface area (Å²) in [4.78, 5) is 48.3. The molecular formula is C17H10BrN5O6. The van der Waals surface area contributed by atoms with Crippen LogP contribution in [0.5, 0.6) is 0 Å². The number of halogens is 1. The van der Waals surface area contributed by atoms with Gasteiger partial charge in [0.2, 0.25) is 0 Å². The van der Waals surface area contributed by atoms with Gasteiger partial charge in [0.25, 0.3) is 17.5 Å². The molecule has 0 bridgehead atoms. The number of carboxylic acids is 1. The number of aromatic nitrogens is 3. The van der Waals surface area contributed by atoms with Crippen molar-refractivity contribution in [1.29, 1.82) is 0 Å². The van der Waals surface area contributed by atoms with E-state index < -0.39 is 39.5 Å². The predicted octanol–water partition coefficient (Wildman–Crippen LogP) is 2.27. The molecule has 146 valence electrons. The molecule has 2 aromatic carbocycles. The minimum Gasteiger partial charge on any atom is -0.478 e. The summed E-state index contributed by atoms with van der Waals surface area (Å²) < 4.78 is 1.60. The zero-order valence-corrected chi connectivity index (χ0v) is 15.9. The third kappa shape index (κ3) is 3.87. The topological polar surface area (TPSA) is 149 Å². The lowest BCUT2D eigenvalue weighted by Gasteiger charge is -2.21. The Labute approximate surface area is 170 Å². The first-order valence-electron chi connectivity index (χ1n) is 7.81. The summed E-state index contributed by atoms with van der Waals surface area (Å²) in [7, 11) is 0. The van der Waals surface area contributed by atoms with Crippen LogP contribution in [-0.2, 0) is 0 Å². The van der Waals surface area contributed by atoms with Crippen LogP contribution in [0.3, 0.4) is 0 Å². The molecule has 0 unspecified atom stereocenters. The van der Waals surface area contributed by atoms with Crippen molar-refractivity contribution in [3.05, 3.63) is 86.4 Å². The summed E-state index contributed by atoms with van der Waals surface area (Å²) in [5.41, 5.74) is -2.04. The van der Waals surface area contributed by atoms with Crippen LogP contribution in [0, 0.1) is 10.1 Å². The summed E-state index contributed by atoms with van der Waals surface area (Å²) in [6, 6.07) is 9.14. The van der Waals surface area contributed by atoms with Gasteiger partial charge in [0.15, 0.2) is 0 Å². The summed E-state index contributed by atoms with van der Waals surface area (Å²) >= 11 is 3.23. The predicted molar refractivity (Wildman–Crippen MR) is 101 cm³/mol. The maximum atomic E-state index is 13.2. The summed E-state index contributed by atoms with van der Waals surface area (Å²) in [5.74, 6) is -3.64. The van der Waals surface area contributed by atoms with Crippen molar-refractivity contribution in [2.75, 3.05) is 5.01 Å². The molecule has 0 fully saturated rings. The Morgan fingerprint density at radius 2 is 1.66 bits per heavy atom. The highest BCUT2D eigenvalue weighted by molar-refractivity contribution is 9.10. The SMILES string of the molecule is O=C(O)c1cccc([N+](=O)[O-])c1C(=O)N(C(=O)c1ccc(Br)cc1)n1cnnc1. The molecule has 3 aromatic rings. The first-order valence-corrected chi connectivity index (χ1v) is 8.60. The first kappa shape index (κ1) is 19.8. The van der Waals surface area contributed by atoms with Gasteiger partial charge in [-0.15, -0.1) is 10.2 Å². The average molecular weight is 460 g/mol. The fourth-order valence-electron chi connectivity index (χ4n) is 2.52. The van der Waals surface area contributed by atoms with E-state index >= 15 is 0 Å². The van der Waals surface area contributed by atoms with Crippen LogP contribution in [0.25, 0.3) is 0 Å². The molecule has 0 aliphatic rings. The molecule has 0 saturated carbocycles. The van der Waals surface area contributed by atoms with Crippen molar-refractivity contribution in [2.24, 2.45) is 0 Å². The van der Waals surface area contributed by atoms with E-state index in [0.717, 1.165) is 35.5 Å². The molecule has 11 nitrogen and oxygen atoms in total. The van der Waals surface area contributed by atoms with Gasteiger partial charge in [-0.1, -0.05) is 22.0 Å². The summed E-state index contributed by atoms with van der Waals surface area (Å²) in [6.07, 6.45) is 2.06. The fraction of sp³-hybridized carbons (Fsp3) is 0. The van der Waals surface area contributed by atoms with Gasteiger partial charge in [0.05, 0.1) is 10.5 Å². The number of hydrogen-bond donors (Lipinski definition) is 1. The number of nitro groups is 1. The molecule has 2 amide bonds. The number of nitrogens with zero attached hydrogens (tertiary/aromatic N) is 5. The Balaban J connectivity index is 2.19. The lowest BCUT2D eigenvalue weighted by Crippen LogP contribution is -2.45. The molecule has 0 atom stereocenters. The Bertz CT molecular complexity index is 1080. The molecule has 1 heterocycles. The fourth-order valence-corrected chi connectivity index (χ4v) is 2.78. The molecule has 0 aliphatic carbocycles. The average Bonchev–Trinajstić information content (AvgIpc) is 3.22. The molecule has 0 radical (unpaired) electrons. The van der Waals surface area contributed by atoms with Crippen molar-refractivity contribution in [3.63, 3.8) is 0 Å². The highest BCUT2D eigenvalue weighted by Crippen LogP contribution is 2.25. The Morgan fingerprint density at radius 1 is 1.03 bits per heavy atom. The van der Waals surface area contributed by atoms with Crippen LogP contribution in [0.15, 0.2) is 59.6 Å². The van der Waals surface area contributed by atoms with E-state index in [0.29, 0.717) is 9.48 Å². The van der Waals surface area contributed by atoms with E-state index in [1.807, 2.05) is 0 Å². The Kier molecular flexibility index (Phi) is 5.45. The van der Waals surface area contributed by atoms with Crippen LogP contribution < -0.4 is 5.01 Å². The third-order valence-electron chi connectivity index (χ3n) is 3.80. The third-order valence-corrected chi connectivity index (χ3v) is 4.33. The molecule has 29 heavy (non-hydrogen) atoms. The number of carboxylic acid groups (broad SMARTS) is 1. The molecule has 0 saturated heterocycles. The number of aromatic carboxylic acids is 1. The first-order chi connectivity index (χ1) is 13.8. The van der Waals surface area contributed by atoms with E-state index in [9.17, 15) is 29.6 Å². The maximum absolute atomic E-state index is 13.2. The van der Waals surface area contributed by atoms with Gasteiger partial charge in [0, 0.05) is 16.1 Å². The molecule has 3 rings (SSSR count). The lowest BCUT2D eigenvalue weighted by molar-refractivity contribution is -0.385. The highest BCUT2D eigenvalue weighted by atomic mass is 79.9. The summed E-state index contributed by atoms with van der Waals surface area (Å²) in [6.45, 7) is 0. The molecule has 1 aromatic heterocycles. The van der Waals surface area contributed by atoms with Crippen LogP contribution in [-0.4, -0.2) is 42.7 Å². The van der Waals surface area contributed by atoms with Crippen molar-refractivity contribution < 1.29 is 24.4 Å². The maximum Gasteiger partial charge on any atom is 0.336 e. The zero-order valence-electron chi connectivity index (χ0n) is 14.3. The molecular weight excluding hydrogens is 450 g/mol. The van der Waals surface area contributed by atoms with Gasteiger partial charge in [-0.25, -0.2) is 9.47 Å². The van der Waals surface area contributed by atoms with E-state index in [1.165, 1.54) is 12.1 Å². The van der Waals surface area contributed by atoms with Gasteiger partial charge in [-0.2, -0.15) is 5.01 Å². The van der Waals surface area contributed by atoms with Crippen molar-refractivity contribution in [2.45, 2.75) is 0 Å². The minimum atomic E-state index is -1.56. The second kappa shape index (κ2) is 7.98. The quantitative estimate of drug-likeness (QED) is 0.346. The number of nitro benzene ring substituents is 1. The number of benzene rings is 2. The lowest BCUT2D eigenvalue weighted by atomic mass is 10.0. The van der Waals surface area contributed by atoms with Gasteiger partial charge in [0.1, 0.15) is 18.2 Å². The van der Waals surface area contributed by atoms with Crippen LogP contribution in [0.1, 0.15) is 31.1 Å². The van der Waals surface area contributed by atoms with Crippen molar-refractivity contribution in [1.82, 2.24) is 14.9 Å². The Morgan fingerprint density at radius 3 is 2.21 bits per heavy atom. The van der Waals surface area contributed by atoms with Gasteiger partial charge in [-0.3, -0.25) is 19.7 Å². The number of carbonyl (C=O) groups is 3. The molecule has 1 N–H and O–H groups in total. The van der Waals surface area contributed by atoms with Crippen LogP contribution in [0.2, 0.25) is 0 Å². The van der Waals surface area contributed by atoms with Gasteiger partial charge in [-0.05, 0) is 30.3 Å². The molecule has 0 spiro atoms. The second-order valence-corrected chi connectivity index (χ2v) is 6.45. The smallest absolute Gasteiger partial charge is 0.336 e. The van der Waals surface area contributed by atoms with Crippen LogP contribution in [0.4, 0.5) is 5.69 Å². The number of rotatable bonds is 5. The van der Waals surface area contributed by atoms with E-state index in [-0.39, 0.29) is 5.56 Å². The zero-order chi connectivity index (χ0) is 21.1. The number of imide groups is 1. The molecule has 12 heteroatoms. The normalized spacial score (nSPS) is 10.4. The molecule has 0 aliphatic heterocycles. The monoisotopic (exact) mass is 459 g/mol. The van der Waals surface area contributed by atoms with E-state index in [1.54, 1.807) is 12.1 Å². The van der Waals surface area contributed by atoms with E-state index in [4.69, 9.17) is 0 Å². The van der Waals surface area contributed by atoms with Gasteiger partial charge < -0.3 is 5.11 Å². The number of amides is 2. The van der Waals surface area contributed by atoms with E-state index in [2.05, 4.69) is 26.1 Å². The largest absolute Gasteiger partial charge is 0.478 e.